The lowest BCUT2D eigenvalue weighted by Gasteiger charge is -2.38. The number of amides is 1. The van der Waals surface area contributed by atoms with E-state index in [9.17, 15) is 18.0 Å². The Bertz CT molecular complexity index is 1380. The van der Waals surface area contributed by atoms with E-state index in [0.717, 1.165) is 43.8 Å². The first-order valence-electron chi connectivity index (χ1n) is 16.4. The lowest BCUT2D eigenvalue weighted by molar-refractivity contribution is -0.137. The van der Waals surface area contributed by atoms with Crippen LogP contribution in [0.5, 0.6) is 0 Å². The molecule has 0 aliphatic carbocycles. The van der Waals surface area contributed by atoms with E-state index in [1.807, 2.05) is 47.6 Å². The fourth-order valence-electron chi connectivity index (χ4n) is 5.17. The zero-order chi connectivity index (χ0) is 36.3. The molecule has 2 aliphatic heterocycles. The molecule has 0 spiro atoms. The van der Waals surface area contributed by atoms with Crippen molar-refractivity contribution in [2.24, 2.45) is 0 Å². The highest BCUT2D eigenvalue weighted by Crippen LogP contribution is 2.36. The van der Waals surface area contributed by atoms with Gasteiger partial charge in [-0.1, -0.05) is 50.8 Å². The maximum absolute atomic E-state index is 13.8. The van der Waals surface area contributed by atoms with Crippen molar-refractivity contribution in [2.45, 2.75) is 90.0 Å². The van der Waals surface area contributed by atoms with Gasteiger partial charge in [-0.25, -0.2) is 9.78 Å². The van der Waals surface area contributed by atoms with Gasteiger partial charge in [-0.05, 0) is 53.5 Å². The lowest BCUT2D eigenvalue weighted by Crippen LogP contribution is -2.52. The maximum Gasteiger partial charge on any atom is 0.417 e. The number of ether oxygens (including phenoxy) is 2. The Labute approximate surface area is 295 Å². The summed E-state index contributed by atoms with van der Waals surface area (Å²) in [7, 11) is 0. The number of fused-ring (bicyclic) bond motifs is 1. The number of morpholine rings is 1. The number of nitrogens with one attached hydrogen (secondary N) is 1. The number of alkyl halides is 3. The molecule has 0 radical (unpaired) electrons. The summed E-state index contributed by atoms with van der Waals surface area (Å²) < 4.78 is 53.5. The summed E-state index contributed by atoms with van der Waals surface area (Å²) in [5, 5.41) is 3.33. The number of pyridine rings is 1. The van der Waals surface area contributed by atoms with Crippen LogP contribution in [0.2, 0.25) is 0 Å². The molecule has 0 bridgehead atoms. The van der Waals surface area contributed by atoms with Gasteiger partial charge in [-0.3, -0.25) is 0 Å². The van der Waals surface area contributed by atoms with Crippen LogP contribution in [0.1, 0.15) is 72.6 Å². The van der Waals surface area contributed by atoms with E-state index < -0.39 is 22.1 Å². The number of hydrogen-bond donors (Lipinski definition) is 3. The minimum absolute atomic E-state index is 0.00789. The monoisotopic (exact) mass is 713 g/mol. The summed E-state index contributed by atoms with van der Waals surface area (Å²) in [5.41, 5.74) is 1.17. The predicted molar refractivity (Wildman–Crippen MR) is 197 cm³/mol. The number of nitrogens with zero attached hydrogens (tertiary/aromatic N) is 4. The summed E-state index contributed by atoms with van der Waals surface area (Å²) >= 11 is 8.93. The van der Waals surface area contributed by atoms with Crippen molar-refractivity contribution in [3.05, 3.63) is 66.7 Å². The van der Waals surface area contributed by atoms with E-state index in [0.29, 0.717) is 49.0 Å². The van der Waals surface area contributed by atoms with Crippen molar-refractivity contribution >= 4 is 42.7 Å². The number of likely N-dealkylation sites (tertiary alicyclic amines) is 1. The molecule has 1 N–H and O–H groups in total. The Kier molecular flexibility index (Phi) is 15.9. The molecule has 0 saturated carbocycles. The third-order valence-corrected chi connectivity index (χ3v) is 8.96. The Hall–Kier alpha value is -2.61. The van der Waals surface area contributed by atoms with Crippen molar-refractivity contribution < 1.29 is 27.4 Å². The van der Waals surface area contributed by atoms with E-state index in [4.69, 9.17) is 9.47 Å². The molecular weight excluding hydrogens is 660 g/mol. The minimum atomic E-state index is -4.50. The molecule has 2 aromatic heterocycles. The number of thiol groups is 2. The highest BCUT2D eigenvalue weighted by molar-refractivity contribution is 7.85. The fourth-order valence-corrected chi connectivity index (χ4v) is 5.50. The van der Waals surface area contributed by atoms with Crippen LogP contribution in [0.3, 0.4) is 0 Å². The van der Waals surface area contributed by atoms with Gasteiger partial charge in [0, 0.05) is 44.2 Å². The number of hydrogen-bond acceptors (Lipinski definition) is 8. The molecule has 2 saturated heterocycles. The third kappa shape index (κ3) is 12.4. The summed E-state index contributed by atoms with van der Waals surface area (Å²) in [5.74, 6) is 0.335. The van der Waals surface area contributed by atoms with Gasteiger partial charge in [-0.2, -0.15) is 38.4 Å². The molecule has 4 rings (SSSR count). The second kappa shape index (κ2) is 18.4. The average Bonchev–Trinajstić information content (AvgIpc) is 3.48. The predicted octanol–water partition coefficient (Wildman–Crippen LogP) is 8.27. The second-order valence-electron chi connectivity index (χ2n) is 12.9. The normalized spacial score (nSPS) is 19.3. The number of aromatic nitrogens is 2. The number of rotatable bonds is 8. The smallest absolute Gasteiger partial charge is 0.417 e. The first-order valence-corrected chi connectivity index (χ1v) is 17.5. The van der Waals surface area contributed by atoms with Crippen LogP contribution in [0.4, 0.5) is 23.7 Å². The van der Waals surface area contributed by atoms with Crippen molar-refractivity contribution in [1.29, 1.82) is 0 Å². The Balaban J connectivity index is 0.000000790. The summed E-state index contributed by atoms with van der Waals surface area (Å²) in [4.78, 5) is 20.9. The van der Waals surface area contributed by atoms with Crippen LogP contribution in [0, 0.1) is 0 Å². The van der Waals surface area contributed by atoms with Gasteiger partial charge in [0.1, 0.15) is 5.60 Å². The van der Waals surface area contributed by atoms with E-state index in [2.05, 4.69) is 53.6 Å². The number of carbonyl (C=O) groups is 1. The molecule has 0 aromatic carbocycles. The van der Waals surface area contributed by atoms with Gasteiger partial charge in [0.05, 0.1) is 47.1 Å². The number of imidazole rings is 1. The lowest BCUT2D eigenvalue weighted by atomic mass is 10.0. The minimum Gasteiger partial charge on any atom is -0.444 e. The van der Waals surface area contributed by atoms with Gasteiger partial charge >= 0.3 is 12.3 Å². The SMILES string of the molecule is C=C/C=C(/C)C=C.CC.CC(C)(C)OC(=O)N1CCOC(CN2CCC(Nc3cc(C(F)(F)F)cn4c(C(C)(S)CS)cnc34)CC2)C1. The van der Waals surface area contributed by atoms with E-state index in [1.165, 1.54) is 4.40 Å². The molecule has 2 aromatic rings. The summed E-state index contributed by atoms with van der Waals surface area (Å²) in [6, 6.07) is 1.13. The van der Waals surface area contributed by atoms with Crippen LogP contribution in [-0.4, -0.2) is 88.1 Å². The molecule has 1 amide bonds. The van der Waals surface area contributed by atoms with Crippen LogP contribution in [0.25, 0.3) is 5.65 Å². The third-order valence-electron chi connectivity index (χ3n) is 7.70. The summed E-state index contributed by atoms with van der Waals surface area (Å²) in [6.45, 7) is 24.0. The molecular formula is C35H54F3N5O3S2. The Morgan fingerprint density at radius 2 is 1.81 bits per heavy atom. The maximum atomic E-state index is 13.8. The first kappa shape index (κ1) is 41.6. The molecule has 2 unspecified atom stereocenters. The van der Waals surface area contributed by atoms with Crippen molar-refractivity contribution in [1.82, 2.24) is 19.2 Å². The number of carbonyl (C=O) groups excluding carboxylic acids is 1. The van der Waals surface area contributed by atoms with Crippen molar-refractivity contribution in [3.8, 4) is 0 Å². The summed E-state index contributed by atoms with van der Waals surface area (Å²) in [6.07, 6.45) is 4.64. The second-order valence-corrected chi connectivity index (χ2v) is 14.2. The van der Waals surface area contributed by atoms with Gasteiger partial charge in [0.25, 0.3) is 0 Å². The first-order chi connectivity index (χ1) is 22.5. The topological polar surface area (TPSA) is 71.3 Å². The van der Waals surface area contributed by atoms with Crippen LogP contribution >= 0.6 is 25.3 Å². The van der Waals surface area contributed by atoms with Gasteiger partial charge in [0.15, 0.2) is 5.65 Å². The van der Waals surface area contributed by atoms with Crippen LogP contribution < -0.4 is 5.32 Å². The van der Waals surface area contributed by atoms with Crippen molar-refractivity contribution in [2.75, 3.05) is 50.4 Å². The molecule has 8 nitrogen and oxygen atoms in total. The number of allylic oxidation sites excluding steroid dienone is 4. The molecule has 48 heavy (non-hydrogen) atoms. The Morgan fingerprint density at radius 1 is 1.17 bits per heavy atom. The molecule has 13 heteroatoms. The molecule has 2 fully saturated rings. The highest BCUT2D eigenvalue weighted by Gasteiger charge is 2.35. The molecule has 2 atom stereocenters. The molecule has 2 aliphatic rings. The van der Waals surface area contributed by atoms with Crippen molar-refractivity contribution in [3.63, 3.8) is 0 Å². The van der Waals surface area contributed by atoms with Gasteiger partial charge in [-0.15, -0.1) is 0 Å². The molecule has 270 valence electrons. The Morgan fingerprint density at radius 3 is 2.33 bits per heavy atom. The number of piperidine rings is 1. The van der Waals surface area contributed by atoms with Gasteiger partial charge < -0.3 is 29.0 Å². The standard InChI is InChI=1S/C26H38F3N5O3S2.C7H10.C2H6/c1-24(2,3)37-23(35)33-9-10-36-19(15-33)14-32-7-5-18(6-8-32)31-20-11-17(26(27,28)29)13-34-21(12-30-22(20)34)25(4,39)16-38;1-4-6-7(3)5-2;1-2/h11-13,18-19,31,38-39H,5-10,14-16H2,1-4H3;4-6H,1-2H2,3H3;1-2H3/b;7-6-;. The zero-order valence-corrected chi connectivity index (χ0v) is 31.2. The van der Waals surface area contributed by atoms with E-state index >= 15 is 0 Å². The number of anilines is 1. The highest BCUT2D eigenvalue weighted by atomic mass is 32.1. The fraction of sp³-hybridized carbons (Fsp3) is 0.600. The zero-order valence-electron chi connectivity index (χ0n) is 29.4. The molecule has 4 heterocycles. The van der Waals surface area contributed by atoms with Crippen LogP contribution in [0.15, 0.2) is 55.4 Å². The van der Waals surface area contributed by atoms with E-state index in [1.54, 1.807) is 30.2 Å². The quantitative estimate of drug-likeness (QED) is 0.189. The largest absolute Gasteiger partial charge is 0.444 e. The van der Waals surface area contributed by atoms with Crippen LogP contribution in [-0.2, 0) is 20.4 Å². The van der Waals surface area contributed by atoms with Gasteiger partial charge in [0.2, 0.25) is 0 Å². The average molecular weight is 714 g/mol. The number of halogens is 3. The van der Waals surface area contributed by atoms with E-state index in [-0.39, 0.29) is 18.2 Å².